The molecule has 0 radical (unpaired) electrons. The molecule has 5 rings (SSSR count). The number of fused-ring (bicyclic) bond motifs is 1. The lowest BCUT2D eigenvalue weighted by atomic mass is 10.1. The summed E-state index contributed by atoms with van der Waals surface area (Å²) in [6, 6.07) is 23.2. The van der Waals surface area contributed by atoms with Crippen LogP contribution in [0.1, 0.15) is 47.9 Å². The maximum atomic E-state index is 12.1. The van der Waals surface area contributed by atoms with Gasteiger partial charge >= 0.3 is 30.0 Å². The van der Waals surface area contributed by atoms with E-state index < -0.39 is 41.7 Å². The molecule has 1 aliphatic rings. The number of anilines is 1. The number of pyridine rings is 1. The summed E-state index contributed by atoms with van der Waals surface area (Å²) in [5.41, 5.74) is 0.682. The minimum atomic E-state index is -2.21. The molecule has 1 fully saturated rings. The van der Waals surface area contributed by atoms with E-state index in [1.165, 1.54) is 48.5 Å². The van der Waals surface area contributed by atoms with E-state index in [9.17, 15) is 34.2 Å². The molecular weight excluding hydrogens is 634 g/mol. The summed E-state index contributed by atoms with van der Waals surface area (Å²) >= 11 is 0. The Morgan fingerprint density at radius 1 is 0.796 bits per heavy atom. The third-order valence-corrected chi connectivity index (χ3v) is 7.13. The first-order chi connectivity index (χ1) is 23.3. The van der Waals surface area contributed by atoms with Crippen molar-refractivity contribution in [2.45, 2.75) is 51.0 Å². The monoisotopic (exact) mass is 671 g/mol. The highest BCUT2D eigenvalue weighted by molar-refractivity contribution is 5.95. The number of hydrogen-bond acceptors (Lipinski definition) is 10. The smallest absolute Gasteiger partial charge is 0.410 e. The van der Waals surface area contributed by atoms with Gasteiger partial charge < -0.3 is 34.6 Å². The molecule has 3 aromatic carbocycles. The Bertz CT molecular complexity index is 1700. The summed E-state index contributed by atoms with van der Waals surface area (Å²) < 4.78 is 15.0. The van der Waals surface area contributed by atoms with Crippen LogP contribution in [-0.2, 0) is 23.8 Å². The molecule has 3 N–H and O–H groups in total. The van der Waals surface area contributed by atoms with E-state index in [1.807, 2.05) is 39.1 Å². The number of carbonyl (C=O) groups excluding carboxylic acids is 3. The van der Waals surface area contributed by atoms with E-state index in [4.69, 9.17) is 14.2 Å². The topological polar surface area (TPSA) is 182 Å². The Morgan fingerprint density at radius 2 is 1.35 bits per heavy atom. The van der Waals surface area contributed by atoms with Crippen molar-refractivity contribution in [2.24, 2.45) is 0 Å². The molecule has 0 saturated carbocycles. The van der Waals surface area contributed by atoms with Crippen molar-refractivity contribution < 1.29 is 48.4 Å². The summed E-state index contributed by atoms with van der Waals surface area (Å²) in [5.74, 6) is -5.63. The lowest BCUT2D eigenvalue weighted by Crippen LogP contribution is -2.45. The highest BCUT2D eigenvalue weighted by atomic mass is 16.6. The van der Waals surface area contributed by atoms with Crippen LogP contribution in [0.2, 0.25) is 0 Å². The number of rotatable bonds is 9. The van der Waals surface area contributed by atoms with Gasteiger partial charge in [0.2, 0.25) is 12.2 Å². The van der Waals surface area contributed by atoms with Gasteiger partial charge in [0.25, 0.3) is 0 Å². The van der Waals surface area contributed by atoms with Crippen molar-refractivity contribution in [2.75, 3.05) is 18.4 Å². The van der Waals surface area contributed by atoms with Crippen LogP contribution >= 0.6 is 0 Å². The van der Waals surface area contributed by atoms with Crippen LogP contribution in [-0.4, -0.2) is 87.0 Å². The van der Waals surface area contributed by atoms with Crippen molar-refractivity contribution in [3.63, 3.8) is 0 Å². The predicted octanol–water partition coefficient (Wildman–Crippen LogP) is 5.26. The summed E-state index contributed by atoms with van der Waals surface area (Å²) in [7, 11) is 0. The van der Waals surface area contributed by atoms with Gasteiger partial charge in [0.05, 0.1) is 11.1 Å². The van der Waals surface area contributed by atoms with Gasteiger partial charge in [0.1, 0.15) is 5.60 Å². The average molecular weight is 672 g/mol. The first-order valence-corrected chi connectivity index (χ1v) is 15.4. The average Bonchev–Trinajstić information content (AvgIpc) is 3.55. The number of carbonyl (C=O) groups is 5. The standard InChI is InChI=1S/C18H23N3O2.C18H14O8/c1-18(2,3)23-17(22)21-10-8-14(12-21)20-16-6-4-5-13-11-19-9-7-15(13)16;19-15(20)13(25-17(23)11-7-3-1-4-8-11)14(16(21)22)26-18(24)12-9-5-2-6-10-12/h4-7,9,11,14,20H,8,10,12H2,1-3H3;1-10,13-14H,(H,19,20)(H,21,22)/t;13-,14-/m.0/s1. The fourth-order valence-corrected chi connectivity index (χ4v) is 4.84. The molecule has 2 heterocycles. The van der Waals surface area contributed by atoms with Gasteiger partial charge in [-0.15, -0.1) is 0 Å². The van der Waals surface area contributed by atoms with E-state index in [0.29, 0.717) is 6.54 Å². The fourth-order valence-electron chi connectivity index (χ4n) is 4.84. The Balaban J connectivity index is 0.000000222. The van der Waals surface area contributed by atoms with E-state index in [1.54, 1.807) is 23.2 Å². The summed E-state index contributed by atoms with van der Waals surface area (Å²) in [5, 5.41) is 24.3. The van der Waals surface area contributed by atoms with Crippen LogP contribution in [0.4, 0.5) is 10.5 Å². The molecule has 13 heteroatoms. The second kappa shape index (κ2) is 16.2. The Hall–Kier alpha value is -5.98. The van der Waals surface area contributed by atoms with E-state index in [2.05, 4.69) is 22.4 Å². The fraction of sp³-hybridized carbons (Fsp3) is 0.278. The quantitative estimate of drug-likeness (QED) is 0.155. The molecule has 1 saturated heterocycles. The van der Waals surface area contributed by atoms with Gasteiger partial charge in [0, 0.05) is 48.0 Å². The molecule has 256 valence electrons. The second-order valence-electron chi connectivity index (χ2n) is 12.0. The first kappa shape index (κ1) is 35.9. The van der Waals surface area contributed by atoms with Crippen molar-refractivity contribution >= 4 is 46.4 Å². The van der Waals surface area contributed by atoms with E-state index in [-0.39, 0.29) is 23.3 Å². The molecule has 0 bridgehead atoms. The summed E-state index contributed by atoms with van der Waals surface area (Å²) in [6.45, 7) is 7.05. The molecule has 4 aromatic rings. The Morgan fingerprint density at radius 3 is 1.86 bits per heavy atom. The van der Waals surface area contributed by atoms with Crippen molar-refractivity contribution in [1.82, 2.24) is 9.88 Å². The summed E-state index contributed by atoms with van der Waals surface area (Å²) in [6.07, 6.45) is -0.0810. The molecule has 1 aliphatic heterocycles. The number of ether oxygens (including phenoxy) is 3. The molecular formula is C36H37N3O10. The number of nitrogens with zero attached hydrogens (tertiary/aromatic N) is 2. The number of aliphatic carboxylic acids is 2. The third-order valence-electron chi connectivity index (χ3n) is 7.13. The molecule has 0 spiro atoms. The molecule has 0 aliphatic carbocycles. The Labute approximate surface area is 282 Å². The zero-order valence-corrected chi connectivity index (χ0v) is 27.1. The van der Waals surface area contributed by atoms with E-state index >= 15 is 0 Å². The number of esters is 2. The van der Waals surface area contributed by atoms with Gasteiger partial charge in [-0.05, 0) is 63.6 Å². The number of carboxylic acid groups (broad SMARTS) is 2. The van der Waals surface area contributed by atoms with Crippen LogP contribution in [0.3, 0.4) is 0 Å². The highest BCUT2D eigenvalue weighted by Gasteiger charge is 2.41. The molecule has 3 atom stereocenters. The zero-order valence-electron chi connectivity index (χ0n) is 27.1. The third kappa shape index (κ3) is 10.3. The zero-order chi connectivity index (χ0) is 35.6. The minimum Gasteiger partial charge on any atom is -0.478 e. The predicted molar refractivity (Wildman–Crippen MR) is 178 cm³/mol. The largest absolute Gasteiger partial charge is 0.478 e. The van der Waals surface area contributed by atoms with Crippen LogP contribution in [0, 0.1) is 0 Å². The van der Waals surface area contributed by atoms with Crippen LogP contribution in [0.25, 0.3) is 10.8 Å². The Kier molecular flexibility index (Phi) is 11.9. The van der Waals surface area contributed by atoms with Crippen molar-refractivity contribution in [3.8, 4) is 0 Å². The van der Waals surface area contributed by atoms with Crippen molar-refractivity contribution in [1.29, 1.82) is 0 Å². The number of hydrogen-bond donors (Lipinski definition) is 3. The van der Waals surface area contributed by atoms with Gasteiger partial charge in [0.15, 0.2) is 0 Å². The lowest BCUT2D eigenvalue weighted by molar-refractivity contribution is -0.166. The minimum absolute atomic E-state index is 0.0253. The number of likely N-dealkylation sites (tertiary alicyclic amines) is 1. The maximum absolute atomic E-state index is 12.1. The molecule has 1 unspecified atom stereocenters. The lowest BCUT2D eigenvalue weighted by Gasteiger charge is -2.24. The number of aromatic nitrogens is 1. The molecule has 1 amide bonds. The second-order valence-corrected chi connectivity index (χ2v) is 12.0. The van der Waals surface area contributed by atoms with Crippen molar-refractivity contribution in [3.05, 3.63) is 108 Å². The number of benzene rings is 3. The first-order valence-electron chi connectivity index (χ1n) is 15.4. The maximum Gasteiger partial charge on any atom is 0.410 e. The molecule has 13 nitrogen and oxygen atoms in total. The van der Waals surface area contributed by atoms with E-state index in [0.717, 1.165) is 29.4 Å². The highest BCUT2D eigenvalue weighted by Crippen LogP contribution is 2.25. The van der Waals surface area contributed by atoms with Crippen LogP contribution in [0.15, 0.2) is 97.3 Å². The van der Waals surface area contributed by atoms with Gasteiger partial charge in [-0.1, -0.05) is 48.5 Å². The van der Waals surface area contributed by atoms with Crippen LogP contribution < -0.4 is 5.32 Å². The number of amides is 1. The normalized spacial score (nSPS) is 15.2. The van der Waals surface area contributed by atoms with Gasteiger partial charge in [-0.2, -0.15) is 0 Å². The van der Waals surface area contributed by atoms with Crippen LogP contribution in [0.5, 0.6) is 0 Å². The summed E-state index contributed by atoms with van der Waals surface area (Å²) in [4.78, 5) is 64.9. The molecule has 1 aromatic heterocycles. The number of carboxylic acids is 2. The SMILES string of the molecule is CC(C)(C)OC(=O)N1CCC(Nc2cccc3cnccc23)C1.O=C(O[C@H](C(=O)O)[C@H](OC(=O)c1ccccc1)C(=O)O)c1ccccc1. The number of nitrogens with one attached hydrogen (secondary N) is 1. The van der Waals surface area contributed by atoms with Gasteiger partial charge in [-0.25, -0.2) is 24.0 Å². The molecule has 49 heavy (non-hydrogen) atoms. The van der Waals surface area contributed by atoms with Gasteiger partial charge in [-0.3, -0.25) is 4.98 Å².